The van der Waals surface area contributed by atoms with Crippen LogP contribution in [0.3, 0.4) is 0 Å². The molecular formula is C32H53N5O. The van der Waals surface area contributed by atoms with E-state index >= 15 is 0 Å². The smallest absolute Gasteiger partial charge is 0.0363 e. The molecule has 2 aromatic rings. The molecule has 2 heterocycles. The minimum atomic E-state index is 0.509. The van der Waals surface area contributed by atoms with Gasteiger partial charge in [-0.15, -0.1) is 0 Å². The standard InChI is InChI=1S/C28H42N4.C4H11NO/c1-23(8-7-16-29-3)27-13-17-30-22-28(27)24(2)31-18-21-32-19-14-26(15-20-32)12-11-25-9-5-4-6-10-25;1-3-5(6)4-2/h4-6,9-10,13,17,22-23,26,29,31H,2,7-8,11-12,14-16,18-21H2,1,3H3;6H,3-4H2,1-2H3. The molecular weight excluding hydrogens is 470 g/mol. The van der Waals surface area contributed by atoms with E-state index in [0.29, 0.717) is 5.92 Å². The number of hydrogen-bond acceptors (Lipinski definition) is 6. The zero-order valence-electron chi connectivity index (χ0n) is 24.5. The van der Waals surface area contributed by atoms with E-state index in [4.69, 9.17) is 5.21 Å². The number of aromatic nitrogens is 1. The van der Waals surface area contributed by atoms with E-state index < -0.39 is 0 Å². The molecule has 6 heteroatoms. The molecule has 0 aliphatic carbocycles. The van der Waals surface area contributed by atoms with Gasteiger partial charge in [0.05, 0.1) is 0 Å². The Balaban J connectivity index is 0.000000757. The second kappa shape index (κ2) is 18.9. The van der Waals surface area contributed by atoms with Crippen LogP contribution < -0.4 is 10.6 Å². The van der Waals surface area contributed by atoms with Crippen molar-refractivity contribution in [2.24, 2.45) is 5.92 Å². The molecule has 1 aliphatic heterocycles. The van der Waals surface area contributed by atoms with Gasteiger partial charge in [0.2, 0.25) is 0 Å². The van der Waals surface area contributed by atoms with Crippen molar-refractivity contribution < 1.29 is 5.21 Å². The van der Waals surface area contributed by atoms with Crippen molar-refractivity contribution in [2.45, 2.75) is 65.2 Å². The molecule has 1 fully saturated rings. The first-order valence-corrected chi connectivity index (χ1v) is 14.7. The summed E-state index contributed by atoms with van der Waals surface area (Å²) in [5.74, 6) is 1.38. The molecule has 1 aromatic heterocycles. The number of piperidine rings is 1. The van der Waals surface area contributed by atoms with E-state index in [2.05, 4.69) is 70.4 Å². The van der Waals surface area contributed by atoms with E-state index in [1.54, 1.807) is 0 Å². The van der Waals surface area contributed by atoms with E-state index in [1.165, 1.54) is 73.4 Å². The first-order valence-electron chi connectivity index (χ1n) is 14.7. The van der Waals surface area contributed by atoms with E-state index in [-0.39, 0.29) is 0 Å². The molecule has 1 atom stereocenters. The highest BCUT2D eigenvalue weighted by Crippen LogP contribution is 2.27. The highest BCUT2D eigenvalue weighted by atomic mass is 16.5. The maximum absolute atomic E-state index is 8.50. The normalized spacial score (nSPS) is 15.1. The maximum atomic E-state index is 8.50. The van der Waals surface area contributed by atoms with Gasteiger partial charge in [-0.1, -0.05) is 57.7 Å². The van der Waals surface area contributed by atoms with Crippen LogP contribution in [-0.4, -0.2) is 73.0 Å². The topological polar surface area (TPSA) is 63.7 Å². The summed E-state index contributed by atoms with van der Waals surface area (Å²) < 4.78 is 0. The second-order valence-electron chi connectivity index (χ2n) is 10.5. The third-order valence-corrected chi connectivity index (χ3v) is 7.66. The number of nitrogens with zero attached hydrogens (tertiary/aromatic N) is 3. The number of benzene rings is 1. The molecule has 0 saturated carbocycles. The third-order valence-electron chi connectivity index (χ3n) is 7.66. The van der Waals surface area contributed by atoms with Gasteiger partial charge in [0.25, 0.3) is 0 Å². The lowest BCUT2D eigenvalue weighted by Crippen LogP contribution is -2.38. The van der Waals surface area contributed by atoms with Crippen LogP contribution in [0.15, 0.2) is 55.4 Å². The van der Waals surface area contributed by atoms with Gasteiger partial charge in [-0.3, -0.25) is 4.98 Å². The number of pyridine rings is 1. The second-order valence-corrected chi connectivity index (χ2v) is 10.5. The number of hydrogen-bond donors (Lipinski definition) is 3. The summed E-state index contributed by atoms with van der Waals surface area (Å²) in [6.07, 6.45) is 11.4. The van der Waals surface area contributed by atoms with Crippen LogP contribution >= 0.6 is 0 Å². The molecule has 1 saturated heterocycles. The van der Waals surface area contributed by atoms with Crippen molar-refractivity contribution >= 4 is 5.70 Å². The minimum absolute atomic E-state index is 0.509. The lowest BCUT2D eigenvalue weighted by atomic mass is 9.90. The summed E-state index contributed by atoms with van der Waals surface area (Å²) in [7, 11) is 2.02. The van der Waals surface area contributed by atoms with Gasteiger partial charge in [0.15, 0.2) is 0 Å². The summed E-state index contributed by atoms with van der Waals surface area (Å²) in [6, 6.07) is 13.1. The van der Waals surface area contributed by atoms with Crippen molar-refractivity contribution in [1.29, 1.82) is 0 Å². The summed E-state index contributed by atoms with van der Waals surface area (Å²) in [6.45, 7) is 17.4. The summed E-state index contributed by atoms with van der Waals surface area (Å²) in [5.41, 5.74) is 5.01. The molecule has 212 valence electrons. The van der Waals surface area contributed by atoms with Crippen molar-refractivity contribution in [3.8, 4) is 0 Å². The first-order chi connectivity index (χ1) is 18.5. The van der Waals surface area contributed by atoms with Gasteiger partial charge in [0, 0.05) is 49.8 Å². The molecule has 1 unspecified atom stereocenters. The number of nitrogens with one attached hydrogen (secondary N) is 2. The SMILES string of the molecule is C=C(NCCN1CCC(CCc2ccccc2)CC1)c1cnccc1C(C)CCCNC.CCN(O)CC. The number of likely N-dealkylation sites (tertiary alicyclic amines) is 1. The molecule has 0 spiro atoms. The van der Waals surface area contributed by atoms with Crippen LogP contribution in [0.5, 0.6) is 0 Å². The van der Waals surface area contributed by atoms with E-state index in [0.717, 1.165) is 44.3 Å². The van der Waals surface area contributed by atoms with Crippen LogP contribution in [0.2, 0.25) is 0 Å². The van der Waals surface area contributed by atoms with E-state index in [9.17, 15) is 0 Å². The van der Waals surface area contributed by atoms with Crippen LogP contribution in [-0.2, 0) is 6.42 Å². The molecule has 0 amide bonds. The Hall–Kier alpha value is -2.25. The Kier molecular flexibility index (Phi) is 15.9. The van der Waals surface area contributed by atoms with Gasteiger partial charge >= 0.3 is 0 Å². The predicted octanol–water partition coefficient (Wildman–Crippen LogP) is 5.81. The average Bonchev–Trinajstić information content (AvgIpc) is 2.97. The van der Waals surface area contributed by atoms with Gasteiger partial charge in [-0.2, -0.15) is 5.06 Å². The Morgan fingerprint density at radius 1 is 1.13 bits per heavy atom. The number of hydroxylamine groups is 2. The van der Waals surface area contributed by atoms with Crippen LogP contribution in [0.4, 0.5) is 0 Å². The molecule has 0 bridgehead atoms. The summed E-state index contributed by atoms with van der Waals surface area (Å²) in [5, 5.41) is 16.6. The highest BCUT2D eigenvalue weighted by Gasteiger charge is 2.19. The maximum Gasteiger partial charge on any atom is 0.0363 e. The molecule has 1 aliphatic rings. The Labute approximate surface area is 232 Å². The van der Waals surface area contributed by atoms with Crippen LogP contribution in [0.25, 0.3) is 5.70 Å². The average molecular weight is 524 g/mol. The highest BCUT2D eigenvalue weighted by molar-refractivity contribution is 5.64. The molecule has 6 nitrogen and oxygen atoms in total. The largest absolute Gasteiger partial charge is 0.384 e. The van der Waals surface area contributed by atoms with Gasteiger partial charge in [0.1, 0.15) is 0 Å². The molecule has 1 aromatic carbocycles. The zero-order chi connectivity index (χ0) is 27.6. The Morgan fingerprint density at radius 2 is 1.84 bits per heavy atom. The fraction of sp³-hybridized carbons (Fsp3) is 0.594. The van der Waals surface area contributed by atoms with E-state index in [1.807, 2.05) is 33.3 Å². The van der Waals surface area contributed by atoms with Crippen molar-refractivity contribution in [1.82, 2.24) is 25.6 Å². The number of aryl methyl sites for hydroxylation is 1. The van der Waals surface area contributed by atoms with Crippen molar-refractivity contribution in [3.05, 3.63) is 72.1 Å². The van der Waals surface area contributed by atoms with Crippen LogP contribution in [0, 0.1) is 5.92 Å². The lowest BCUT2D eigenvalue weighted by Gasteiger charge is -2.32. The Bertz CT molecular complexity index is 878. The van der Waals surface area contributed by atoms with Crippen LogP contribution in [0.1, 0.15) is 75.5 Å². The van der Waals surface area contributed by atoms with Gasteiger partial charge < -0.3 is 20.7 Å². The summed E-state index contributed by atoms with van der Waals surface area (Å²) in [4.78, 5) is 6.97. The first kappa shape index (κ1) is 32.0. The summed E-state index contributed by atoms with van der Waals surface area (Å²) >= 11 is 0. The van der Waals surface area contributed by atoms with Crippen molar-refractivity contribution in [2.75, 3.05) is 52.9 Å². The van der Waals surface area contributed by atoms with Crippen molar-refractivity contribution in [3.63, 3.8) is 0 Å². The predicted molar refractivity (Wildman–Crippen MR) is 161 cm³/mol. The molecule has 3 N–H and O–H groups in total. The van der Waals surface area contributed by atoms with Gasteiger partial charge in [-0.05, 0) is 94.2 Å². The fourth-order valence-corrected chi connectivity index (χ4v) is 5.03. The monoisotopic (exact) mass is 523 g/mol. The molecule has 0 radical (unpaired) electrons. The zero-order valence-corrected chi connectivity index (χ0v) is 24.5. The number of rotatable bonds is 15. The molecule has 38 heavy (non-hydrogen) atoms. The third kappa shape index (κ3) is 12.1. The molecule has 3 rings (SSSR count). The fourth-order valence-electron chi connectivity index (χ4n) is 5.03. The minimum Gasteiger partial charge on any atom is -0.384 e. The Morgan fingerprint density at radius 3 is 2.47 bits per heavy atom. The van der Waals surface area contributed by atoms with Gasteiger partial charge in [-0.25, -0.2) is 0 Å². The lowest BCUT2D eigenvalue weighted by molar-refractivity contribution is -0.0813. The quantitative estimate of drug-likeness (QED) is 0.202.